The Bertz CT molecular complexity index is 628. The first-order valence-corrected chi connectivity index (χ1v) is 10.9. The van der Waals surface area contributed by atoms with Crippen LogP contribution in [0, 0.1) is 0 Å². The molecule has 0 aromatic carbocycles. The molecule has 1 aliphatic carbocycles. The number of carbonyl (C=O) groups is 1. The lowest BCUT2D eigenvalue weighted by atomic mass is 9.95. The number of alkyl halides is 2. The van der Waals surface area contributed by atoms with Crippen molar-refractivity contribution in [2.24, 2.45) is 5.73 Å². The van der Waals surface area contributed by atoms with Gasteiger partial charge in [-0.3, -0.25) is 9.78 Å². The molecule has 0 fully saturated rings. The van der Waals surface area contributed by atoms with E-state index < -0.39 is 18.4 Å². The fourth-order valence-electron chi connectivity index (χ4n) is 3.82. The van der Waals surface area contributed by atoms with Crippen molar-refractivity contribution in [2.45, 2.75) is 83.1 Å². The smallest absolute Gasteiger partial charge is 0.320 e. The average Bonchev–Trinajstić information content (AvgIpc) is 2.71. The number of aromatic nitrogens is 1. The van der Waals surface area contributed by atoms with E-state index in [0.717, 1.165) is 44.3 Å². The molecule has 0 bridgehead atoms. The SMILES string of the molecule is N[C@@H](CCN(CCCCc1ccc2c(n1)CCCC2)CCCCC(F)F)C(=O)O. The molecule has 0 aliphatic heterocycles. The third-order valence-corrected chi connectivity index (χ3v) is 5.61. The van der Waals surface area contributed by atoms with E-state index >= 15 is 0 Å². The van der Waals surface area contributed by atoms with Gasteiger partial charge in [-0.1, -0.05) is 6.07 Å². The second-order valence-electron chi connectivity index (χ2n) is 8.03. The van der Waals surface area contributed by atoms with Gasteiger partial charge in [0.2, 0.25) is 6.43 Å². The van der Waals surface area contributed by atoms with E-state index in [4.69, 9.17) is 15.8 Å². The maximum absolute atomic E-state index is 12.3. The monoisotopic (exact) mass is 411 g/mol. The van der Waals surface area contributed by atoms with Gasteiger partial charge in [0.15, 0.2) is 0 Å². The number of aryl methyl sites for hydroxylation is 3. The molecule has 1 aromatic heterocycles. The van der Waals surface area contributed by atoms with Crippen LogP contribution in [0.15, 0.2) is 12.1 Å². The highest BCUT2D eigenvalue weighted by Crippen LogP contribution is 2.20. The molecule has 0 radical (unpaired) electrons. The predicted molar refractivity (Wildman–Crippen MR) is 110 cm³/mol. The number of halogens is 2. The Kier molecular flexibility index (Phi) is 10.5. The first-order chi connectivity index (χ1) is 14.0. The highest BCUT2D eigenvalue weighted by molar-refractivity contribution is 5.72. The molecule has 0 unspecified atom stereocenters. The van der Waals surface area contributed by atoms with E-state index in [0.29, 0.717) is 32.4 Å². The molecule has 0 saturated heterocycles. The Balaban J connectivity index is 1.74. The van der Waals surface area contributed by atoms with Crippen LogP contribution < -0.4 is 5.73 Å². The van der Waals surface area contributed by atoms with Gasteiger partial charge in [-0.05, 0) is 88.9 Å². The molecule has 5 nitrogen and oxygen atoms in total. The van der Waals surface area contributed by atoms with Gasteiger partial charge in [-0.25, -0.2) is 8.78 Å². The summed E-state index contributed by atoms with van der Waals surface area (Å²) in [7, 11) is 0. The normalized spacial score (nSPS) is 14.9. The number of pyridine rings is 1. The maximum atomic E-state index is 12.3. The average molecular weight is 412 g/mol. The number of nitrogens with zero attached hydrogens (tertiary/aromatic N) is 2. The fourth-order valence-corrected chi connectivity index (χ4v) is 3.82. The highest BCUT2D eigenvalue weighted by Gasteiger charge is 2.14. The second kappa shape index (κ2) is 12.9. The van der Waals surface area contributed by atoms with E-state index in [1.807, 2.05) is 0 Å². The van der Waals surface area contributed by atoms with E-state index in [1.165, 1.54) is 24.1 Å². The van der Waals surface area contributed by atoms with Crippen molar-refractivity contribution in [3.05, 3.63) is 29.1 Å². The molecule has 2 rings (SSSR count). The van der Waals surface area contributed by atoms with Crippen LogP contribution in [0.1, 0.15) is 68.3 Å². The van der Waals surface area contributed by atoms with Crippen LogP contribution in [0.4, 0.5) is 8.78 Å². The summed E-state index contributed by atoms with van der Waals surface area (Å²) in [5.74, 6) is -0.999. The van der Waals surface area contributed by atoms with Crippen molar-refractivity contribution in [1.82, 2.24) is 9.88 Å². The van der Waals surface area contributed by atoms with Gasteiger partial charge in [0.25, 0.3) is 0 Å². The van der Waals surface area contributed by atoms with Gasteiger partial charge in [0.1, 0.15) is 6.04 Å². The van der Waals surface area contributed by atoms with Gasteiger partial charge >= 0.3 is 5.97 Å². The minimum Gasteiger partial charge on any atom is -0.480 e. The topological polar surface area (TPSA) is 79.5 Å². The first-order valence-electron chi connectivity index (χ1n) is 10.9. The Morgan fingerprint density at radius 3 is 2.52 bits per heavy atom. The number of rotatable bonds is 14. The molecular weight excluding hydrogens is 376 g/mol. The minimum atomic E-state index is -2.26. The molecule has 1 atom stereocenters. The maximum Gasteiger partial charge on any atom is 0.320 e. The van der Waals surface area contributed by atoms with Gasteiger partial charge in [0, 0.05) is 24.4 Å². The van der Waals surface area contributed by atoms with Crippen molar-refractivity contribution in [2.75, 3.05) is 19.6 Å². The zero-order valence-corrected chi connectivity index (χ0v) is 17.3. The second-order valence-corrected chi connectivity index (χ2v) is 8.03. The molecule has 29 heavy (non-hydrogen) atoms. The lowest BCUT2D eigenvalue weighted by Crippen LogP contribution is -2.36. The van der Waals surface area contributed by atoms with Crippen molar-refractivity contribution in [3.63, 3.8) is 0 Å². The predicted octanol–water partition coefficient (Wildman–Crippen LogP) is 3.82. The van der Waals surface area contributed by atoms with Gasteiger partial charge < -0.3 is 15.7 Å². The molecule has 1 heterocycles. The number of hydrogen-bond acceptors (Lipinski definition) is 4. The number of carboxylic acid groups (broad SMARTS) is 1. The summed E-state index contributed by atoms with van der Waals surface area (Å²) in [5.41, 5.74) is 9.41. The Labute approximate surface area is 172 Å². The van der Waals surface area contributed by atoms with Crippen LogP contribution in [0.25, 0.3) is 0 Å². The summed E-state index contributed by atoms with van der Waals surface area (Å²) in [6.45, 7) is 2.11. The summed E-state index contributed by atoms with van der Waals surface area (Å²) in [5, 5.41) is 8.96. The number of hydrogen-bond donors (Lipinski definition) is 2. The van der Waals surface area contributed by atoms with Crippen LogP contribution in [0.3, 0.4) is 0 Å². The Morgan fingerprint density at radius 1 is 1.07 bits per heavy atom. The number of fused-ring (bicyclic) bond motifs is 1. The van der Waals surface area contributed by atoms with Crippen LogP contribution in [0.2, 0.25) is 0 Å². The van der Waals surface area contributed by atoms with E-state index in [2.05, 4.69) is 17.0 Å². The lowest BCUT2D eigenvalue weighted by molar-refractivity contribution is -0.138. The highest BCUT2D eigenvalue weighted by atomic mass is 19.3. The summed E-state index contributed by atoms with van der Waals surface area (Å²) >= 11 is 0. The van der Waals surface area contributed by atoms with Crippen LogP contribution in [0.5, 0.6) is 0 Å². The zero-order chi connectivity index (χ0) is 21.1. The third-order valence-electron chi connectivity index (χ3n) is 5.61. The molecule has 1 aromatic rings. The molecule has 1 aliphatic rings. The number of unbranched alkanes of at least 4 members (excludes halogenated alkanes) is 2. The van der Waals surface area contributed by atoms with Crippen molar-refractivity contribution >= 4 is 5.97 Å². The summed E-state index contributed by atoms with van der Waals surface area (Å²) < 4.78 is 24.6. The van der Waals surface area contributed by atoms with Crippen molar-refractivity contribution in [1.29, 1.82) is 0 Å². The summed E-state index contributed by atoms with van der Waals surface area (Å²) in [6, 6.07) is 3.48. The van der Waals surface area contributed by atoms with E-state index in [1.54, 1.807) is 0 Å². The molecule has 7 heteroatoms. The van der Waals surface area contributed by atoms with Gasteiger partial charge in [-0.2, -0.15) is 0 Å². The van der Waals surface area contributed by atoms with Crippen LogP contribution in [-0.4, -0.2) is 53.1 Å². The zero-order valence-electron chi connectivity index (χ0n) is 17.3. The first kappa shape index (κ1) is 23.7. The quantitative estimate of drug-likeness (QED) is 0.455. The Hall–Kier alpha value is -1.60. The standard InChI is InChI=1S/C22H35F2N3O2/c23-21(24)10-4-6-15-27(16-13-19(25)22(28)29)14-5-3-8-18-12-11-17-7-1-2-9-20(17)26-18/h11-12,19,21H,1-10,13-16,25H2,(H,28,29)/t19-/m0/s1. The molecule has 164 valence electrons. The number of carboxylic acids is 1. The molecule has 3 N–H and O–H groups in total. The van der Waals surface area contributed by atoms with E-state index in [9.17, 15) is 13.6 Å². The van der Waals surface area contributed by atoms with Crippen molar-refractivity contribution in [3.8, 4) is 0 Å². The van der Waals surface area contributed by atoms with Gasteiger partial charge in [0.05, 0.1) is 0 Å². The fraction of sp³-hybridized carbons (Fsp3) is 0.727. The number of aliphatic carboxylic acids is 1. The minimum absolute atomic E-state index is 0.0769. The Morgan fingerprint density at radius 2 is 1.79 bits per heavy atom. The molecule has 0 saturated carbocycles. The lowest BCUT2D eigenvalue weighted by Gasteiger charge is -2.23. The third kappa shape index (κ3) is 9.17. The number of nitrogens with two attached hydrogens (primary N) is 1. The summed E-state index contributed by atoms with van der Waals surface area (Å²) in [6.07, 6.45) is 6.82. The summed E-state index contributed by atoms with van der Waals surface area (Å²) in [4.78, 5) is 17.9. The van der Waals surface area contributed by atoms with Gasteiger partial charge in [-0.15, -0.1) is 0 Å². The molecule has 0 amide bonds. The molecular formula is C22H35F2N3O2. The molecule has 0 spiro atoms. The van der Waals surface area contributed by atoms with E-state index in [-0.39, 0.29) is 6.42 Å². The van der Waals surface area contributed by atoms with Crippen molar-refractivity contribution < 1.29 is 18.7 Å². The largest absolute Gasteiger partial charge is 0.480 e. The van der Waals surface area contributed by atoms with Crippen LogP contribution >= 0.6 is 0 Å². The van der Waals surface area contributed by atoms with Crippen LogP contribution in [-0.2, 0) is 24.1 Å².